The lowest BCUT2D eigenvalue weighted by Crippen LogP contribution is -2.18. The summed E-state index contributed by atoms with van der Waals surface area (Å²) in [5.74, 6) is -8.07. The van der Waals surface area contributed by atoms with Crippen LogP contribution in [0.3, 0.4) is 0 Å². The van der Waals surface area contributed by atoms with Crippen molar-refractivity contribution in [2.75, 3.05) is 5.32 Å². The highest BCUT2D eigenvalue weighted by Gasteiger charge is 2.25. The van der Waals surface area contributed by atoms with Crippen LogP contribution in [0, 0.1) is 30.2 Å². The summed E-state index contributed by atoms with van der Waals surface area (Å²) in [5, 5.41) is 4.78. The van der Waals surface area contributed by atoms with Crippen molar-refractivity contribution in [1.82, 2.24) is 4.98 Å². The van der Waals surface area contributed by atoms with Crippen LogP contribution in [0.15, 0.2) is 35.7 Å². The van der Waals surface area contributed by atoms with E-state index in [1.807, 2.05) is 12.3 Å². The molecule has 0 unspecified atom stereocenters. The number of carbonyl (C=O) groups excluding carboxylic acids is 1. The van der Waals surface area contributed by atoms with Gasteiger partial charge in [-0.25, -0.2) is 22.5 Å². The smallest absolute Gasteiger partial charge is 0.261 e. The summed E-state index contributed by atoms with van der Waals surface area (Å²) in [6.45, 7) is 1.83. The lowest BCUT2D eigenvalue weighted by molar-refractivity contribution is 0.101. The first-order valence-corrected chi connectivity index (χ1v) is 7.91. The zero-order chi connectivity index (χ0) is 18.1. The van der Waals surface area contributed by atoms with Gasteiger partial charge in [-0.15, -0.1) is 11.3 Å². The van der Waals surface area contributed by atoms with Crippen LogP contribution in [0.2, 0.25) is 0 Å². The Balaban J connectivity index is 1.92. The Bertz CT molecular complexity index is 945. The molecule has 3 rings (SSSR count). The molecule has 0 fully saturated rings. The molecule has 0 saturated carbocycles. The SMILES string of the molecule is Cc1csc(-c2cccc(NC(=O)c3c(F)c(F)cc(F)c3F)c2)n1. The minimum atomic E-state index is -1.75. The van der Waals surface area contributed by atoms with Gasteiger partial charge in [-0.3, -0.25) is 4.79 Å². The molecule has 2 aromatic carbocycles. The minimum absolute atomic E-state index is 0.0485. The summed E-state index contributed by atoms with van der Waals surface area (Å²) in [4.78, 5) is 16.4. The zero-order valence-electron chi connectivity index (χ0n) is 12.7. The number of rotatable bonds is 3. The molecule has 1 amide bonds. The highest BCUT2D eigenvalue weighted by atomic mass is 32.1. The van der Waals surface area contributed by atoms with Crippen LogP contribution in [0.4, 0.5) is 23.2 Å². The van der Waals surface area contributed by atoms with Crippen LogP contribution in [0.25, 0.3) is 10.6 Å². The Labute approximate surface area is 144 Å². The number of nitrogens with zero attached hydrogens (tertiary/aromatic N) is 1. The van der Waals surface area contributed by atoms with E-state index in [0.29, 0.717) is 10.6 Å². The van der Waals surface area contributed by atoms with E-state index < -0.39 is 34.7 Å². The van der Waals surface area contributed by atoms with E-state index in [-0.39, 0.29) is 11.8 Å². The number of halogens is 4. The van der Waals surface area contributed by atoms with Crippen molar-refractivity contribution in [2.24, 2.45) is 0 Å². The molecule has 0 radical (unpaired) electrons. The van der Waals surface area contributed by atoms with Crippen LogP contribution in [0.5, 0.6) is 0 Å². The fraction of sp³-hybridized carbons (Fsp3) is 0.0588. The first-order valence-electron chi connectivity index (χ1n) is 7.03. The van der Waals surface area contributed by atoms with E-state index in [1.165, 1.54) is 17.4 Å². The maximum absolute atomic E-state index is 13.7. The quantitative estimate of drug-likeness (QED) is 0.528. The van der Waals surface area contributed by atoms with Crippen molar-refractivity contribution in [3.63, 3.8) is 0 Å². The van der Waals surface area contributed by atoms with Gasteiger partial charge in [0.1, 0.15) is 10.6 Å². The number of amides is 1. The van der Waals surface area contributed by atoms with Gasteiger partial charge in [0, 0.05) is 28.4 Å². The Morgan fingerprint density at radius 3 is 2.36 bits per heavy atom. The molecular weight excluding hydrogens is 356 g/mol. The first kappa shape index (κ1) is 17.1. The highest BCUT2D eigenvalue weighted by Crippen LogP contribution is 2.27. The summed E-state index contributed by atoms with van der Waals surface area (Å²) >= 11 is 1.39. The lowest BCUT2D eigenvalue weighted by atomic mass is 10.1. The summed E-state index contributed by atoms with van der Waals surface area (Å²) in [7, 11) is 0. The van der Waals surface area contributed by atoms with Crippen LogP contribution >= 0.6 is 11.3 Å². The number of aromatic nitrogens is 1. The standard InChI is InChI=1S/C17H10F4N2OS/c1-8-7-25-17(22-8)9-3-2-4-10(5-9)23-16(24)13-14(20)11(18)6-12(19)15(13)21/h2-7H,1H3,(H,23,24). The van der Waals surface area contributed by atoms with Gasteiger partial charge in [-0.1, -0.05) is 12.1 Å². The van der Waals surface area contributed by atoms with Crippen molar-refractivity contribution < 1.29 is 22.4 Å². The zero-order valence-corrected chi connectivity index (χ0v) is 13.6. The molecule has 0 aliphatic carbocycles. The predicted molar refractivity (Wildman–Crippen MR) is 86.5 cm³/mol. The van der Waals surface area contributed by atoms with Crippen molar-refractivity contribution in [2.45, 2.75) is 6.92 Å². The number of thiazole rings is 1. The molecule has 0 spiro atoms. The number of hydrogen-bond donors (Lipinski definition) is 1. The van der Waals surface area contributed by atoms with E-state index in [4.69, 9.17) is 0 Å². The first-order chi connectivity index (χ1) is 11.9. The topological polar surface area (TPSA) is 42.0 Å². The number of nitrogens with one attached hydrogen (secondary N) is 1. The molecule has 0 saturated heterocycles. The fourth-order valence-electron chi connectivity index (χ4n) is 2.18. The Hall–Kier alpha value is -2.74. The average molecular weight is 366 g/mol. The van der Waals surface area contributed by atoms with E-state index in [2.05, 4.69) is 10.3 Å². The van der Waals surface area contributed by atoms with Gasteiger partial charge in [0.15, 0.2) is 23.3 Å². The second kappa shape index (κ2) is 6.64. The van der Waals surface area contributed by atoms with E-state index in [9.17, 15) is 22.4 Å². The highest BCUT2D eigenvalue weighted by molar-refractivity contribution is 7.13. The van der Waals surface area contributed by atoms with E-state index in [0.717, 1.165) is 5.69 Å². The molecule has 128 valence electrons. The number of carbonyl (C=O) groups is 1. The summed E-state index contributed by atoms with van der Waals surface area (Å²) in [6.07, 6.45) is 0. The Morgan fingerprint density at radius 1 is 1.08 bits per heavy atom. The predicted octanol–water partition coefficient (Wildman–Crippen LogP) is 4.93. The monoisotopic (exact) mass is 366 g/mol. The Kier molecular flexibility index (Phi) is 4.54. The maximum atomic E-state index is 13.7. The summed E-state index contributed by atoms with van der Waals surface area (Å²) < 4.78 is 53.9. The van der Waals surface area contributed by atoms with Crippen LogP contribution < -0.4 is 5.32 Å². The summed E-state index contributed by atoms with van der Waals surface area (Å²) in [6, 6.07) is 6.43. The molecule has 25 heavy (non-hydrogen) atoms. The molecule has 8 heteroatoms. The van der Waals surface area contributed by atoms with Gasteiger partial charge in [0.05, 0.1) is 0 Å². The molecular formula is C17H10F4N2OS. The van der Waals surface area contributed by atoms with Crippen LogP contribution in [0.1, 0.15) is 16.1 Å². The number of aryl methyl sites for hydroxylation is 1. The maximum Gasteiger partial charge on any atom is 0.261 e. The molecule has 1 heterocycles. The number of benzene rings is 2. The van der Waals surface area contributed by atoms with Gasteiger partial charge < -0.3 is 5.32 Å². The molecule has 3 nitrogen and oxygen atoms in total. The lowest BCUT2D eigenvalue weighted by Gasteiger charge is -2.09. The number of hydrogen-bond acceptors (Lipinski definition) is 3. The van der Waals surface area contributed by atoms with Gasteiger partial charge in [0.2, 0.25) is 0 Å². The fourth-order valence-corrected chi connectivity index (χ4v) is 2.98. The largest absolute Gasteiger partial charge is 0.322 e. The van der Waals surface area contributed by atoms with Gasteiger partial charge >= 0.3 is 0 Å². The molecule has 0 aliphatic heterocycles. The summed E-state index contributed by atoms with van der Waals surface area (Å²) in [5.41, 5.74) is 0.405. The molecule has 3 aromatic rings. The van der Waals surface area contributed by atoms with Crippen LogP contribution in [-0.2, 0) is 0 Å². The third-order valence-corrected chi connectivity index (χ3v) is 4.33. The molecule has 0 atom stereocenters. The van der Waals surface area contributed by atoms with Gasteiger partial charge in [0.25, 0.3) is 5.91 Å². The van der Waals surface area contributed by atoms with Crippen LogP contribution in [-0.4, -0.2) is 10.9 Å². The molecule has 0 aliphatic rings. The van der Waals surface area contributed by atoms with E-state index in [1.54, 1.807) is 18.2 Å². The molecule has 1 aromatic heterocycles. The molecule has 1 N–H and O–H groups in total. The van der Waals surface area contributed by atoms with Gasteiger partial charge in [-0.2, -0.15) is 0 Å². The van der Waals surface area contributed by atoms with Crippen molar-refractivity contribution >= 4 is 22.9 Å². The second-order valence-corrected chi connectivity index (χ2v) is 6.03. The third kappa shape index (κ3) is 3.39. The normalized spacial score (nSPS) is 10.8. The second-order valence-electron chi connectivity index (χ2n) is 5.17. The van der Waals surface area contributed by atoms with Crippen molar-refractivity contribution in [3.8, 4) is 10.6 Å². The third-order valence-electron chi connectivity index (χ3n) is 3.33. The number of anilines is 1. The Morgan fingerprint density at radius 2 is 1.76 bits per heavy atom. The van der Waals surface area contributed by atoms with Crippen molar-refractivity contribution in [1.29, 1.82) is 0 Å². The molecule has 0 bridgehead atoms. The minimum Gasteiger partial charge on any atom is -0.322 e. The van der Waals surface area contributed by atoms with Crippen molar-refractivity contribution in [3.05, 3.63) is 70.2 Å². The van der Waals surface area contributed by atoms with Gasteiger partial charge in [-0.05, 0) is 19.1 Å². The van der Waals surface area contributed by atoms with E-state index >= 15 is 0 Å². The average Bonchev–Trinajstić information content (AvgIpc) is 3.00.